The second kappa shape index (κ2) is 5.55. The van der Waals surface area contributed by atoms with Gasteiger partial charge in [-0.2, -0.15) is 0 Å². The van der Waals surface area contributed by atoms with Crippen molar-refractivity contribution in [2.75, 3.05) is 19.6 Å². The number of fused-ring (bicyclic) bond motifs is 1. The summed E-state index contributed by atoms with van der Waals surface area (Å²) in [6.45, 7) is 4.26. The lowest BCUT2D eigenvalue weighted by atomic mass is 9.93. The Hall–Kier alpha value is -1.00. The minimum atomic E-state index is -2.37. The van der Waals surface area contributed by atoms with Gasteiger partial charge in [-0.05, 0) is 37.4 Å². The Labute approximate surface area is 112 Å². The SMILES string of the molecule is FC(F)c1ccc(CN2CCC3NCCC3C2)cc1. The molecule has 2 aliphatic rings. The topological polar surface area (TPSA) is 15.3 Å². The Bertz CT molecular complexity index is 419. The average molecular weight is 266 g/mol. The van der Waals surface area contributed by atoms with Crippen LogP contribution in [0, 0.1) is 5.92 Å². The molecule has 1 N–H and O–H groups in total. The molecule has 2 nitrogen and oxygen atoms in total. The van der Waals surface area contributed by atoms with Crippen molar-refractivity contribution in [3.05, 3.63) is 35.4 Å². The van der Waals surface area contributed by atoms with Crippen molar-refractivity contribution in [2.45, 2.75) is 31.9 Å². The summed E-state index contributed by atoms with van der Waals surface area (Å²) < 4.78 is 25.0. The molecule has 2 aliphatic heterocycles. The molecule has 104 valence electrons. The highest BCUT2D eigenvalue weighted by Gasteiger charge is 2.32. The van der Waals surface area contributed by atoms with Crippen molar-refractivity contribution in [1.82, 2.24) is 10.2 Å². The van der Waals surface area contributed by atoms with E-state index in [1.807, 2.05) is 12.1 Å². The standard InChI is InChI=1S/C15H20F2N2/c16-15(17)12-3-1-11(2-4-12)9-19-8-6-14-13(10-19)5-7-18-14/h1-4,13-15,18H,5-10H2. The maximum Gasteiger partial charge on any atom is 0.263 e. The summed E-state index contributed by atoms with van der Waals surface area (Å²) >= 11 is 0. The Morgan fingerprint density at radius 3 is 2.74 bits per heavy atom. The molecule has 19 heavy (non-hydrogen) atoms. The molecule has 2 heterocycles. The number of hydrogen-bond donors (Lipinski definition) is 1. The van der Waals surface area contributed by atoms with E-state index in [0.29, 0.717) is 6.04 Å². The number of alkyl halides is 2. The highest BCUT2D eigenvalue weighted by atomic mass is 19.3. The monoisotopic (exact) mass is 266 g/mol. The molecule has 0 spiro atoms. The largest absolute Gasteiger partial charge is 0.314 e. The quantitative estimate of drug-likeness (QED) is 0.905. The molecule has 0 aliphatic carbocycles. The molecule has 2 unspecified atom stereocenters. The molecule has 3 rings (SSSR count). The summed E-state index contributed by atoms with van der Waals surface area (Å²) in [5.41, 5.74) is 1.25. The summed E-state index contributed by atoms with van der Waals surface area (Å²) in [6.07, 6.45) is 0.111. The zero-order valence-electron chi connectivity index (χ0n) is 11.0. The Morgan fingerprint density at radius 2 is 2.00 bits per heavy atom. The fourth-order valence-electron chi connectivity index (χ4n) is 3.29. The van der Waals surface area contributed by atoms with Crippen LogP contribution < -0.4 is 5.32 Å². The van der Waals surface area contributed by atoms with Gasteiger partial charge in [0.05, 0.1) is 0 Å². The van der Waals surface area contributed by atoms with Gasteiger partial charge < -0.3 is 5.32 Å². The summed E-state index contributed by atoms with van der Waals surface area (Å²) in [5.74, 6) is 0.772. The maximum atomic E-state index is 12.5. The molecule has 0 radical (unpaired) electrons. The zero-order chi connectivity index (χ0) is 13.2. The van der Waals surface area contributed by atoms with Crippen LogP contribution in [0.2, 0.25) is 0 Å². The number of benzene rings is 1. The molecule has 0 saturated carbocycles. The minimum absolute atomic E-state index is 0.113. The van der Waals surface area contributed by atoms with E-state index in [1.165, 1.54) is 12.8 Å². The van der Waals surface area contributed by atoms with Gasteiger partial charge in [0, 0.05) is 24.7 Å². The smallest absolute Gasteiger partial charge is 0.263 e. The molecule has 0 bridgehead atoms. The van der Waals surface area contributed by atoms with Crippen molar-refractivity contribution in [3.8, 4) is 0 Å². The van der Waals surface area contributed by atoms with Crippen LogP contribution in [0.25, 0.3) is 0 Å². The lowest BCUT2D eigenvalue weighted by Crippen LogP contribution is -2.43. The molecule has 4 heteroatoms. The number of likely N-dealkylation sites (tertiary alicyclic amines) is 1. The van der Waals surface area contributed by atoms with Crippen LogP contribution in [-0.2, 0) is 6.54 Å². The van der Waals surface area contributed by atoms with Crippen LogP contribution >= 0.6 is 0 Å². The summed E-state index contributed by atoms with van der Waals surface area (Å²) in [6, 6.07) is 7.46. The molecular formula is C15H20F2N2. The third-order valence-electron chi connectivity index (χ3n) is 4.38. The van der Waals surface area contributed by atoms with Gasteiger partial charge in [0.1, 0.15) is 0 Å². The molecule has 0 amide bonds. The van der Waals surface area contributed by atoms with Crippen LogP contribution in [0.5, 0.6) is 0 Å². The van der Waals surface area contributed by atoms with Gasteiger partial charge in [-0.3, -0.25) is 4.90 Å². The Morgan fingerprint density at radius 1 is 1.21 bits per heavy atom. The van der Waals surface area contributed by atoms with Crippen LogP contribution in [0.15, 0.2) is 24.3 Å². The van der Waals surface area contributed by atoms with E-state index in [-0.39, 0.29) is 5.56 Å². The highest BCUT2D eigenvalue weighted by molar-refractivity contribution is 5.23. The summed E-state index contributed by atoms with van der Waals surface area (Å²) in [7, 11) is 0. The van der Waals surface area contributed by atoms with Crippen molar-refractivity contribution in [2.24, 2.45) is 5.92 Å². The number of nitrogens with one attached hydrogen (secondary N) is 1. The molecular weight excluding hydrogens is 246 g/mol. The molecule has 0 aromatic heterocycles. The average Bonchev–Trinajstić information content (AvgIpc) is 2.87. The van der Waals surface area contributed by atoms with E-state index in [9.17, 15) is 8.78 Å². The van der Waals surface area contributed by atoms with Gasteiger partial charge >= 0.3 is 0 Å². The third kappa shape index (κ3) is 2.95. The molecule has 1 aromatic rings. The Balaban J connectivity index is 1.59. The zero-order valence-corrected chi connectivity index (χ0v) is 11.0. The van der Waals surface area contributed by atoms with Crippen LogP contribution in [0.1, 0.15) is 30.4 Å². The van der Waals surface area contributed by atoms with Gasteiger partial charge in [-0.25, -0.2) is 8.78 Å². The Kier molecular flexibility index (Phi) is 3.80. The van der Waals surface area contributed by atoms with Crippen LogP contribution in [0.4, 0.5) is 8.78 Å². The number of nitrogens with zero attached hydrogens (tertiary/aromatic N) is 1. The number of hydrogen-bond acceptors (Lipinski definition) is 2. The number of halogens is 2. The van der Waals surface area contributed by atoms with Gasteiger partial charge in [0.2, 0.25) is 0 Å². The van der Waals surface area contributed by atoms with Gasteiger partial charge in [-0.1, -0.05) is 24.3 Å². The van der Waals surface area contributed by atoms with E-state index < -0.39 is 6.43 Å². The van der Waals surface area contributed by atoms with Crippen molar-refractivity contribution >= 4 is 0 Å². The van der Waals surface area contributed by atoms with Crippen molar-refractivity contribution < 1.29 is 8.78 Å². The van der Waals surface area contributed by atoms with E-state index >= 15 is 0 Å². The van der Waals surface area contributed by atoms with E-state index in [4.69, 9.17) is 0 Å². The fraction of sp³-hybridized carbons (Fsp3) is 0.600. The molecule has 1 aromatic carbocycles. The number of piperidine rings is 1. The van der Waals surface area contributed by atoms with Gasteiger partial charge in [0.15, 0.2) is 0 Å². The molecule has 2 saturated heterocycles. The molecule has 2 atom stereocenters. The summed E-state index contributed by atoms with van der Waals surface area (Å²) in [4.78, 5) is 2.45. The first-order chi connectivity index (χ1) is 9.22. The predicted octanol–water partition coefficient (Wildman–Crippen LogP) is 2.81. The first kappa shape index (κ1) is 13.0. The lowest BCUT2D eigenvalue weighted by Gasteiger charge is -2.34. The highest BCUT2D eigenvalue weighted by Crippen LogP contribution is 2.26. The van der Waals surface area contributed by atoms with E-state index in [1.54, 1.807) is 12.1 Å². The van der Waals surface area contributed by atoms with Crippen molar-refractivity contribution in [1.29, 1.82) is 0 Å². The second-order valence-electron chi connectivity index (χ2n) is 5.68. The number of rotatable bonds is 3. The summed E-state index contributed by atoms with van der Waals surface area (Å²) in [5, 5.41) is 3.55. The van der Waals surface area contributed by atoms with E-state index in [2.05, 4.69) is 10.2 Å². The second-order valence-corrected chi connectivity index (χ2v) is 5.68. The van der Waals surface area contributed by atoms with Gasteiger partial charge in [0.25, 0.3) is 6.43 Å². The van der Waals surface area contributed by atoms with Gasteiger partial charge in [-0.15, -0.1) is 0 Å². The fourth-order valence-corrected chi connectivity index (χ4v) is 3.29. The maximum absolute atomic E-state index is 12.5. The van der Waals surface area contributed by atoms with Crippen LogP contribution in [0.3, 0.4) is 0 Å². The normalized spacial score (nSPS) is 27.7. The first-order valence-electron chi connectivity index (χ1n) is 7.05. The van der Waals surface area contributed by atoms with Crippen LogP contribution in [-0.4, -0.2) is 30.6 Å². The van der Waals surface area contributed by atoms with Crippen molar-refractivity contribution in [3.63, 3.8) is 0 Å². The lowest BCUT2D eigenvalue weighted by molar-refractivity contribution is 0.150. The molecule has 2 fully saturated rings. The predicted molar refractivity (Wildman–Crippen MR) is 71.2 cm³/mol. The minimum Gasteiger partial charge on any atom is -0.314 e. The first-order valence-corrected chi connectivity index (χ1v) is 7.05. The van der Waals surface area contributed by atoms with E-state index in [0.717, 1.165) is 37.7 Å². The third-order valence-corrected chi connectivity index (χ3v) is 4.38.